The molecule has 7 nitrogen and oxygen atoms in total. The van der Waals surface area contributed by atoms with Crippen LogP contribution in [0.1, 0.15) is 37.8 Å². The van der Waals surface area contributed by atoms with Crippen LogP contribution in [-0.2, 0) is 23.0 Å². The number of aromatic nitrogens is 4. The third kappa shape index (κ3) is 4.25. The van der Waals surface area contributed by atoms with Gasteiger partial charge in [-0.1, -0.05) is 0 Å². The largest absolute Gasteiger partial charge is 0.466 e. The standard InChI is InChI=1S/C13H19N5O2S/c1-4-20-11(19)6-5-10-7-21-13(16-10)15-9(2)12-17-14-8-18(12)3/h7-9H,4-6H2,1-3H3,(H,15,16). The molecule has 1 unspecified atom stereocenters. The third-order valence-corrected chi connectivity index (χ3v) is 3.74. The third-order valence-electron chi connectivity index (χ3n) is 2.92. The lowest BCUT2D eigenvalue weighted by Gasteiger charge is -2.11. The zero-order valence-corrected chi connectivity index (χ0v) is 13.2. The van der Waals surface area contributed by atoms with Crippen LogP contribution < -0.4 is 5.32 Å². The van der Waals surface area contributed by atoms with Gasteiger partial charge in [0.2, 0.25) is 0 Å². The van der Waals surface area contributed by atoms with Crippen LogP contribution in [0.3, 0.4) is 0 Å². The molecule has 2 heterocycles. The quantitative estimate of drug-likeness (QED) is 0.787. The van der Waals surface area contributed by atoms with Crippen molar-refractivity contribution in [3.63, 3.8) is 0 Å². The Balaban J connectivity index is 1.88. The van der Waals surface area contributed by atoms with E-state index in [2.05, 4.69) is 20.5 Å². The number of thiazole rings is 1. The van der Waals surface area contributed by atoms with Gasteiger partial charge in [0.05, 0.1) is 24.8 Å². The van der Waals surface area contributed by atoms with Gasteiger partial charge in [0, 0.05) is 18.8 Å². The van der Waals surface area contributed by atoms with Crippen molar-refractivity contribution in [2.24, 2.45) is 7.05 Å². The van der Waals surface area contributed by atoms with Crippen LogP contribution in [0.25, 0.3) is 0 Å². The molecule has 0 bridgehead atoms. The molecule has 0 amide bonds. The molecule has 0 aliphatic heterocycles. The van der Waals surface area contributed by atoms with Crippen molar-refractivity contribution < 1.29 is 9.53 Å². The van der Waals surface area contributed by atoms with Crippen molar-refractivity contribution in [2.75, 3.05) is 11.9 Å². The van der Waals surface area contributed by atoms with Gasteiger partial charge in [-0.25, -0.2) is 4.98 Å². The van der Waals surface area contributed by atoms with Gasteiger partial charge >= 0.3 is 5.97 Å². The van der Waals surface area contributed by atoms with Gasteiger partial charge < -0.3 is 14.6 Å². The van der Waals surface area contributed by atoms with Gasteiger partial charge in [-0.15, -0.1) is 21.5 Å². The molecule has 0 aliphatic carbocycles. The molecule has 8 heteroatoms. The number of aryl methyl sites for hydroxylation is 2. The highest BCUT2D eigenvalue weighted by Gasteiger charge is 2.13. The molecule has 0 aliphatic rings. The summed E-state index contributed by atoms with van der Waals surface area (Å²) in [7, 11) is 1.90. The molecule has 1 N–H and O–H groups in total. The lowest BCUT2D eigenvalue weighted by Crippen LogP contribution is -2.11. The minimum absolute atomic E-state index is 0.0153. The second-order valence-corrected chi connectivity index (χ2v) is 5.47. The van der Waals surface area contributed by atoms with Crippen molar-refractivity contribution >= 4 is 22.4 Å². The number of carbonyl (C=O) groups is 1. The average molecular weight is 309 g/mol. The molecular formula is C13H19N5O2S. The first-order valence-electron chi connectivity index (χ1n) is 6.80. The van der Waals surface area contributed by atoms with Crippen molar-refractivity contribution in [1.29, 1.82) is 0 Å². The maximum atomic E-state index is 11.3. The minimum Gasteiger partial charge on any atom is -0.466 e. The maximum absolute atomic E-state index is 11.3. The fourth-order valence-corrected chi connectivity index (χ4v) is 2.72. The van der Waals surface area contributed by atoms with Crippen LogP contribution in [0, 0.1) is 0 Å². The predicted molar refractivity (Wildman–Crippen MR) is 80.1 cm³/mol. The Morgan fingerprint density at radius 2 is 2.38 bits per heavy atom. The van der Waals surface area contributed by atoms with Gasteiger partial charge in [0.25, 0.3) is 0 Å². The molecular weight excluding hydrogens is 290 g/mol. The number of nitrogens with one attached hydrogen (secondary N) is 1. The molecule has 2 aromatic rings. The summed E-state index contributed by atoms with van der Waals surface area (Å²) in [5.74, 6) is 0.658. The molecule has 2 rings (SSSR count). The zero-order chi connectivity index (χ0) is 15.2. The van der Waals surface area contributed by atoms with Crippen LogP contribution in [0.4, 0.5) is 5.13 Å². The van der Waals surface area contributed by atoms with Crippen LogP contribution >= 0.6 is 11.3 Å². The Bertz CT molecular complexity index is 595. The number of esters is 1. The van der Waals surface area contributed by atoms with Crippen LogP contribution in [0.15, 0.2) is 11.7 Å². The summed E-state index contributed by atoms with van der Waals surface area (Å²) in [5, 5.41) is 14.0. The molecule has 0 fully saturated rings. The summed E-state index contributed by atoms with van der Waals surface area (Å²) >= 11 is 1.51. The highest BCUT2D eigenvalue weighted by atomic mass is 32.1. The van der Waals surface area contributed by atoms with E-state index in [1.807, 2.05) is 23.9 Å². The van der Waals surface area contributed by atoms with Gasteiger partial charge in [-0.2, -0.15) is 0 Å². The number of rotatable bonds is 7. The predicted octanol–water partition coefficient (Wildman–Crippen LogP) is 1.94. The van der Waals surface area contributed by atoms with Crippen molar-refractivity contribution in [2.45, 2.75) is 32.7 Å². The molecule has 21 heavy (non-hydrogen) atoms. The van der Waals surface area contributed by atoms with Crippen molar-refractivity contribution in [3.05, 3.63) is 23.2 Å². The fraction of sp³-hybridized carbons (Fsp3) is 0.538. The number of nitrogens with zero attached hydrogens (tertiary/aromatic N) is 4. The van der Waals surface area contributed by atoms with Gasteiger partial charge in [0.15, 0.2) is 11.0 Å². The first-order valence-corrected chi connectivity index (χ1v) is 7.68. The first-order chi connectivity index (χ1) is 10.1. The molecule has 0 spiro atoms. The number of anilines is 1. The zero-order valence-electron chi connectivity index (χ0n) is 12.4. The topological polar surface area (TPSA) is 81.9 Å². The second kappa shape index (κ2) is 7.16. The van der Waals surface area contributed by atoms with E-state index in [0.29, 0.717) is 19.4 Å². The SMILES string of the molecule is CCOC(=O)CCc1csc(NC(C)c2nncn2C)n1. The lowest BCUT2D eigenvalue weighted by molar-refractivity contribution is -0.143. The Kier molecular flexibility index (Phi) is 5.26. The maximum Gasteiger partial charge on any atom is 0.306 e. The van der Waals surface area contributed by atoms with Gasteiger partial charge in [0.1, 0.15) is 6.33 Å². The summed E-state index contributed by atoms with van der Waals surface area (Å²) in [6, 6.07) is 0.0153. The Hall–Kier alpha value is -1.96. The number of ether oxygens (including phenoxy) is 1. The Morgan fingerprint density at radius 1 is 1.57 bits per heavy atom. The summed E-state index contributed by atoms with van der Waals surface area (Å²) in [6.07, 6.45) is 2.62. The smallest absolute Gasteiger partial charge is 0.306 e. The molecule has 0 radical (unpaired) electrons. The van der Waals surface area contributed by atoms with Crippen LogP contribution in [0.2, 0.25) is 0 Å². The van der Waals surface area contributed by atoms with Crippen LogP contribution in [-0.4, -0.2) is 32.3 Å². The summed E-state index contributed by atoms with van der Waals surface area (Å²) in [4.78, 5) is 15.8. The Labute approximate surface area is 127 Å². The van der Waals surface area contributed by atoms with Crippen LogP contribution in [0.5, 0.6) is 0 Å². The summed E-state index contributed by atoms with van der Waals surface area (Å²) in [5.41, 5.74) is 0.890. The van der Waals surface area contributed by atoms with E-state index in [9.17, 15) is 4.79 Å². The normalized spacial score (nSPS) is 12.1. The van der Waals surface area contributed by atoms with E-state index in [1.165, 1.54) is 11.3 Å². The molecule has 0 aromatic carbocycles. The average Bonchev–Trinajstić information content (AvgIpc) is 3.06. The van der Waals surface area contributed by atoms with E-state index < -0.39 is 0 Å². The first kappa shape index (κ1) is 15.4. The van der Waals surface area contributed by atoms with Crippen molar-refractivity contribution in [3.8, 4) is 0 Å². The van der Waals surface area contributed by atoms with E-state index in [4.69, 9.17) is 4.74 Å². The molecule has 1 atom stereocenters. The molecule has 114 valence electrons. The summed E-state index contributed by atoms with van der Waals surface area (Å²) < 4.78 is 6.77. The van der Waals surface area contributed by atoms with E-state index in [0.717, 1.165) is 16.6 Å². The van der Waals surface area contributed by atoms with E-state index >= 15 is 0 Å². The Morgan fingerprint density at radius 3 is 3.05 bits per heavy atom. The van der Waals surface area contributed by atoms with E-state index in [1.54, 1.807) is 13.3 Å². The molecule has 2 aromatic heterocycles. The lowest BCUT2D eigenvalue weighted by atomic mass is 10.2. The second-order valence-electron chi connectivity index (χ2n) is 4.62. The fourth-order valence-electron chi connectivity index (χ4n) is 1.89. The highest BCUT2D eigenvalue weighted by molar-refractivity contribution is 7.13. The number of carbonyl (C=O) groups excluding carboxylic acids is 1. The minimum atomic E-state index is -0.188. The molecule has 0 saturated carbocycles. The van der Waals surface area contributed by atoms with Crippen molar-refractivity contribution in [1.82, 2.24) is 19.7 Å². The highest BCUT2D eigenvalue weighted by Crippen LogP contribution is 2.21. The molecule has 0 saturated heterocycles. The monoisotopic (exact) mass is 309 g/mol. The number of hydrogen-bond acceptors (Lipinski definition) is 7. The summed E-state index contributed by atoms with van der Waals surface area (Å²) in [6.45, 7) is 4.22. The van der Waals surface area contributed by atoms with Gasteiger partial charge in [-0.05, 0) is 13.8 Å². The van der Waals surface area contributed by atoms with Gasteiger partial charge in [-0.3, -0.25) is 4.79 Å². The number of hydrogen-bond donors (Lipinski definition) is 1. The van der Waals surface area contributed by atoms with E-state index in [-0.39, 0.29) is 12.0 Å².